The summed E-state index contributed by atoms with van der Waals surface area (Å²) in [7, 11) is 0. The van der Waals surface area contributed by atoms with Crippen LogP contribution in [-0.2, 0) is 6.61 Å². The standard InChI is InChI=1S/C15H11NO4/c17-15(18)14-12-7-6-11(8-13(12)20-16-14)19-9-10-4-2-1-3-5-10/h1-8H,9H2,(H,17,18). The van der Waals surface area contributed by atoms with E-state index in [2.05, 4.69) is 5.16 Å². The van der Waals surface area contributed by atoms with Crippen LogP contribution in [0.1, 0.15) is 16.1 Å². The first-order valence-corrected chi connectivity index (χ1v) is 6.03. The third-order valence-corrected chi connectivity index (χ3v) is 2.89. The van der Waals surface area contributed by atoms with Crippen LogP contribution >= 0.6 is 0 Å². The molecular formula is C15H11NO4. The molecule has 0 saturated heterocycles. The van der Waals surface area contributed by atoms with E-state index >= 15 is 0 Å². The third kappa shape index (κ3) is 2.33. The average molecular weight is 269 g/mol. The Morgan fingerprint density at radius 1 is 1.20 bits per heavy atom. The minimum atomic E-state index is -1.11. The fourth-order valence-corrected chi connectivity index (χ4v) is 1.90. The van der Waals surface area contributed by atoms with Crippen molar-refractivity contribution in [2.45, 2.75) is 6.61 Å². The SMILES string of the molecule is O=C(O)c1noc2cc(OCc3ccccc3)ccc12. The minimum absolute atomic E-state index is 0.0883. The van der Waals surface area contributed by atoms with Gasteiger partial charge in [-0.15, -0.1) is 0 Å². The minimum Gasteiger partial charge on any atom is -0.489 e. The lowest BCUT2D eigenvalue weighted by Crippen LogP contribution is -1.97. The molecule has 5 heteroatoms. The monoisotopic (exact) mass is 269 g/mol. The van der Waals surface area contributed by atoms with E-state index in [1.165, 1.54) is 0 Å². The molecule has 100 valence electrons. The smallest absolute Gasteiger partial charge is 0.358 e. The molecule has 2 aromatic carbocycles. The van der Waals surface area contributed by atoms with E-state index in [1.54, 1.807) is 18.2 Å². The Morgan fingerprint density at radius 2 is 2.00 bits per heavy atom. The van der Waals surface area contributed by atoms with E-state index in [1.807, 2.05) is 30.3 Å². The van der Waals surface area contributed by atoms with E-state index in [0.717, 1.165) is 5.56 Å². The molecule has 1 aromatic heterocycles. The van der Waals surface area contributed by atoms with Crippen molar-refractivity contribution < 1.29 is 19.2 Å². The van der Waals surface area contributed by atoms with Gasteiger partial charge in [0, 0.05) is 6.07 Å². The van der Waals surface area contributed by atoms with Gasteiger partial charge in [-0.2, -0.15) is 0 Å². The van der Waals surface area contributed by atoms with E-state index in [4.69, 9.17) is 14.4 Å². The second-order valence-electron chi connectivity index (χ2n) is 4.27. The first-order chi connectivity index (χ1) is 9.74. The number of nitrogens with zero attached hydrogens (tertiary/aromatic N) is 1. The number of aromatic carboxylic acids is 1. The maximum atomic E-state index is 10.9. The molecule has 0 fully saturated rings. The van der Waals surface area contributed by atoms with Gasteiger partial charge in [0.25, 0.3) is 0 Å². The highest BCUT2D eigenvalue weighted by molar-refractivity contribution is 6.00. The van der Waals surface area contributed by atoms with Gasteiger partial charge in [0.15, 0.2) is 11.3 Å². The summed E-state index contributed by atoms with van der Waals surface area (Å²) < 4.78 is 10.6. The van der Waals surface area contributed by atoms with Crippen LogP contribution in [0.5, 0.6) is 5.75 Å². The molecule has 0 aliphatic carbocycles. The highest BCUT2D eigenvalue weighted by atomic mass is 16.5. The van der Waals surface area contributed by atoms with Gasteiger partial charge in [-0.1, -0.05) is 35.5 Å². The van der Waals surface area contributed by atoms with Crippen molar-refractivity contribution in [3.63, 3.8) is 0 Å². The van der Waals surface area contributed by atoms with Crippen molar-refractivity contribution in [2.75, 3.05) is 0 Å². The van der Waals surface area contributed by atoms with E-state index in [0.29, 0.717) is 23.3 Å². The van der Waals surface area contributed by atoms with E-state index in [9.17, 15) is 4.79 Å². The number of carboxylic acids is 1. The Morgan fingerprint density at radius 3 is 2.75 bits per heavy atom. The predicted octanol–water partition coefficient (Wildman–Crippen LogP) is 3.11. The second kappa shape index (κ2) is 5.05. The normalized spacial score (nSPS) is 10.6. The van der Waals surface area contributed by atoms with Crippen LogP contribution in [0.3, 0.4) is 0 Å². The van der Waals surface area contributed by atoms with Crippen molar-refractivity contribution in [1.29, 1.82) is 0 Å². The molecule has 0 spiro atoms. The molecule has 0 unspecified atom stereocenters. The van der Waals surface area contributed by atoms with Crippen LogP contribution in [0.25, 0.3) is 11.0 Å². The molecule has 20 heavy (non-hydrogen) atoms. The number of ether oxygens (including phenoxy) is 1. The second-order valence-corrected chi connectivity index (χ2v) is 4.27. The summed E-state index contributed by atoms with van der Waals surface area (Å²) >= 11 is 0. The largest absolute Gasteiger partial charge is 0.489 e. The van der Waals surface area contributed by atoms with Crippen LogP contribution in [0.2, 0.25) is 0 Å². The molecule has 3 aromatic rings. The Balaban J connectivity index is 1.81. The number of hydrogen-bond acceptors (Lipinski definition) is 4. The van der Waals surface area contributed by atoms with Crippen molar-refractivity contribution in [1.82, 2.24) is 5.16 Å². The number of aromatic nitrogens is 1. The van der Waals surface area contributed by atoms with Crippen LogP contribution < -0.4 is 4.74 Å². The van der Waals surface area contributed by atoms with Crippen LogP contribution in [0.4, 0.5) is 0 Å². The highest BCUT2D eigenvalue weighted by Crippen LogP contribution is 2.24. The van der Waals surface area contributed by atoms with Gasteiger partial charge in [-0.3, -0.25) is 0 Å². The molecule has 1 N–H and O–H groups in total. The van der Waals surface area contributed by atoms with Gasteiger partial charge in [0.1, 0.15) is 12.4 Å². The molecule has 3 rings (SSSR count). The highest BCUT2D eigenvalue weighted by Gasteiger charge is 2.15. The number of rotatable bonds is 4. The zero-order valence-electron chi connectivity index (χ0n) is 10.4. The van der Waals surface area contributed by atoms with E-state index in [-0.39, 0.29) is 5.69 Å². The fraction of sp³-hybridized carbons (Fsp3) is 0.0667. The van der Waals surface area contributed by atoms with Gasteiger partial charge in [0.2, 0.25) is 0 Å². The number of fused-ring (bicyclic) bond motifs is 1. The first kappa shape index (κ1) is 12.2. The van der Waals surface area contributed by atoms with Crippen molar-refractivity contribution >= 4 is 16.9 Å². The zero-order valence-corrected chi connectivity index (χ0v) is 10.4. The van der Waals surface area contributed by atoms with Gasteiger partial charge in [-0.05, 0) is 17.7 Å². The molecule has 0 radical (unpaired) electrons. The molecule has 0 saturated carbocycles. The van der Waals surface area contributed by atoms with Crippen LogP contribution in [-0.4, -0.2) is 16.2 Å². The average Bonchev–Trinajstić information content (AvgIpc) is 2.89. The first-order valence-electron chi connectivity index (χ1n) is 6.03. The summed E-state index contributed by atoms with van der Waals surface area (Å²) in [6.07, 6.45) is 0. The summed E-state index contributed by atoms with van der Waals surface area (Å²) in [5.41, 5.74) is 1.36. The Labute approximate surface area is 114 Å². The fourth-order valence-electron chi connectivity index (χ4n) is 1.90. The lowest BCUT2D eigenvalue weighted by molar-refractivity contribution is 0.0688. The zero-order chi connectivity index (χ0) is 13.9. The Bertz CT molecular complexity index is 749. The van der Waals surface area contributed by atoms with E-state index < -0.39 is 5.97 Å². The molecular weight excluding hydrogens is 258 g/mol. The van der Waals surface area contributed by atoms with Crippen molar-refractivity contribution in [3.8, 4) is 5.75 Å². The molecule has 5 nitrogen and oxygen atoms in total. The van der Waals surface area contributed by atoms with Gasteiger partial charge < -0.3 is 14.4 Å². The molecule has 0 amide bonds. The van der Waals surface area contributed by atoms with Crippen LogP contribution in [0.15, 0.2) is 53.1 Å². The summed E-state index contributed by atoms with van der Waals surface area (Å²) in [5, 5.41) is 12.9. The summed E-state index contributed by atoms with van der Waals surface area (Å²) in [4.78, 5) is 10.9. The lowest BCUT2D eigenvalue weighted by atomic mass is 10.2. The van der Waals surface area contributed by atoms with Crippen LogP contribution in [0, 0.1) is 0 Å². The summed E-state index contributed by atoms with van der Waals surface area (Å²) in [6.45, 7) is 0.437. The number of hydrogen-bond donors (Lipinski definition) is 1. The van der Waals surface area contributed by atoms with Gasteiger partial charge in [-0.25, -0.2) is 4.79 Å². The topological polar surface area (TPSA) is 72.6 Å². The maximum Gasteiger partial charge on any atom is 0.358 e. The van der Waals surface area contributed by atoms with Gasteiger partial charge in [0.05, 0.1) is 5.39 Å². The molecule has 0 aliphatic heterocycles. The predicted molar refractivity (Wildman–Crippen MR) is 71.7 cm³/mol. The molecule has 0 bridgehead atoms. The van der Waals surface area contributed by atoms with Crippen molar-refractivity contribution in [2.24, 2.45) is 0 Å². The maximum absolute atomic E-state index is 10.9. The number of carboxylic acid groups (broad SMARTS) is 1. The third-order valence-electron chi connectivity index (χ3n) is 2.89. The summed E-state index contributed by atoms with van der Waals surface area (Å²) in [5.74, 6) is -0.504. The molecule has 0 atom stereocenters. The lowest BCUT2D eigenvalue weighted by Gasteiger charge is -2.05. The Kier molecular flexibility index (Phi) is 3.09. The summed E-state index contributed by atoms with van der Waals surface area (Å²) in [6, 6.07) is 14.7. The molecule has 1 heterocycles. The quantitative estimate of drug-likeness (QED) is 0.787. The van der Waals surface area contributed by atoms with Crippen molar-refractivity contribution in [3.05, 3.63) is 59.8 Å². The number of benzene rings is 2. The Hall–Kier alpha value is -2.82. The number of carbonyl (C=O) groups is 1. The van der Waals surface area contributed by atoms with Gasteiger partial charge >= 0.3 is 5.97 Å². The molecule has 0 aliphatic rings.